The van der Waals surface area contributed by atoms with E-state index < -0.39 is 36.3 Å². The number of hydrogen-bond acceptors (Lipinski definition) is 6. The monoisotopic (exact) mass is 573 g/mol. The van der Waals surface area contributed by atoms with E-state index in [1.54, 1.807) is 0 Å². The standard InChI is InChI=1S/C34H68O6/c1-4-7-10-12-14-16-18-20-22-24-26-29(35)31-30(36)32(37)34(38,33(40-31)39-28-9-6-3)27-25-23-21-19-17-15-13-11-8-5-2/h29-33,35-38H,4-28H2,1-3H3/t29?,30-,31-,32+,33+,34-/m1/s1. The molecule has 1 saturated heterocycles. The molecule has 1 aliphatic heterocycles. The van der Waals surface area contributed by atoms with E-state index in [4.69, 9.17) is 9.47 Å². The zero-order chi connectivity index (χ0) is 29.5. The van der Waals surface area contributed by atoms with Crippen molar-refractivity contribution in [1.82, 2.24) is 0 Å². The Hall–Kier alpha value is -0.240. The van der Waals surface area contributed by atoms with Crippen molar-refractivity contribution in [2.75, 3.05) is 6.61 Å². The van der Waals surface area contributed by atoms with Gasteiger partial charge in [0, 0.05) is 6.61 Å². The highest BCUT2D eigenvalue weighted by atomic mass is 16.7. The summed E-state index contributed by atoms with van der Waals surface area (Å²) in [6.45, 7) is 6.96. The smallest absolute Gasteiger partial charge is 0.189 e. The van der Waals surface area contributed by atoms with E-state index >= 15 is 0 Å². The SMILES string of the molecule is CCCCCCCCCCCCC(O)[C@H]1O[C@H](OCCCC)[C@@](O)(CCCCCCCCCCCC)[C@@H](O)[C@@H]1O. The summed E-state index contributed by atoms with van der Waals surface area (Å²) in [4.78, 5) is 0. The lowest BCUT2D eigenvalue weighted by molar-refractivity contribution is -0.350. The Kier molecular flexibility index (Phi) is 22.9. The van der Waals surface area contributed by atoms with Crippen LogP contribution in [0, 0.1) is 0 Å². The van der Waals surface area contributed by atoms with Crippen molar-refractivity contribution in [3.05, 3.63) is 0 Å². The molecule has 0 saturated carbocycles. The molecule has 0 spiro atoms. The predicted octanol–water partition coefficient (Wildman–Crippen LogP) is 7.96. The second-order valence-corrected chi connectivity index (χ2v) is 12.6. The first kappa shape index (κ1) is 37.8. The first-order chi connectivity index (χ1) is 19.4. The normalized spacial score (nSPS) is 25.9. The lowest BCUT2D eigenvalue weighted by Gasteiger charge is -2.49. The highest BCUT2D eigenvalue weighted by molar-refractivity contribution is 5.02. The lowest BCUT2D eigenvalue weighted by Crippen LogP contribution is -2.68. The van der Waals surface area contributed by atoms with Crippen LogP contribution >= 0.6 is 0 Å². The van der Waals surface area contributed by atoms with Crippen molar-refractivity contribution in [3.63, 3.8) is 0 Å². The summed E-state index contributed by atoms with van der Waals surface area (Å²) in [6.07, 6.45) is 20.8. The maximum atomic E-state index is 11.5. The molecule has 40 heavy (non-hydrogen) atoms. The van der Waals surface area contributed by atoms with Gasteiger partial charge in [-0.2, -0.15) is 0 Å². The zero-order valence-electron chi connectivity index (χ0n) is 26.7. The van der Waals surface area contributed by atoms with Gasteiger partial charge in [-0.25, -0.2) is 0 Å². The maximum Gasteiger partial charge on any atom is 0.189 e. The summed E-state index contributed by atoms with van der Waals surface area (Å²) < 4.78 is 12.0. The van der Waals surface area contributed by atoms with E-state index in [0.717, 1.165) is 51.4 Å². The molecule has 6 heteroatoms. The molecule has 0 aromatic heterocycles. The van der Waals surface area contributed by atoms with E-state index in [1.807, 2.05) is 0 Å². The van der Waals surface area contributed by atoms with Gasteiger partial charge < -0.3 is 29.9 Å². The number of rotatable bonds is 27. The fraction of sp³-hybridized carbons (Fsp3) is 1.00. The van der Waals surface area contributed by atoms with Crippen LogP contribution in [0.2, 0.25) is 0 Å². The van der Waals surface area contributed by atoms with Crippen molar-refractivity contribution in [2.24, 2.45) is 0 Å². The fourth-order valence-corrected chi connectivity index (χ4v) is 5.96. The Morgan fingerprint density at radius 1 is 0.625 bits per heavy atom. The Labute approximate surface area is 247 Å². The molecule has 0 amide bonds. The van der Waals surface area contributed by atoms with Crippen LogP contribution in [0.15, 0.2) is 0 Å². The number of aliphatic hydroxyl groups is 4. The van der Waals surface area contributed by atoms with Crippen LogP contribution in [0.25, 0.3) is 0 Å². The summed E-state index contributed by atoms with van der Waals surface area (Å²) >= 11 is 0. The topological polar surface area (TPSA) is 99.4 Å². The molecule has 240 valence electrons. The number of aliphatic hydroxyl groups excluding tert-OH is 3. The molecule has 1 rings (SSSR count). The molecule has 0 aromatic rings. The highest BCUT2D eigenvalue weighted by Gasteiger charge is 2.56. The third-order valence-corrected chi connectivity index (χ3v) is 8.79. The first-order valence-electron chi connectivity index (χ1n) is 17.5. The molecule has 0 aliphatic carbocycles. The van der Waals surface area contributed by atoms with Gasteiger partial charge in [0.2, 0.25) is 0 Å². The highest BCUT2D eigenvalue weighted by Crippen LogP contribution is 2.37. The average molecular weight is 573 g/mol. The summed E-state index contributed by atoms with van der Waals surface area (Å²) in [5, 5.41) is 44.4. The third kappa shape index (κ3) is 15.3. The Morgan fingerprint density at radius 3 is 1.52 bits per heavy atom. The maximum absolute atomic E-state index is 11.5. The molecular weight excluding hydrogens is 504 g/mol. The summed E-state index contributed by atoms with van der Waals surface area (Å²) in [5.41, 5.74) is -1.68. The fourth-order valence-electron chi connectivity index (χ4n) is 5.96. The van der Waals surface area contributed by atoms with Crippen molar-refractivity contribution in [3.8, 4) is 0 Å². The molecular formula is C34H68O6. The molecule has 1 unspecified atom stereocenters. The largest absolute Gasteiger partial charge is 0.390 e. The molecule has 6 nitrogen and oxygen atoms in total. The van der Waals surface area contributed by atoms with Crippen LogP contribution in [-0.2, 0) is 9.47 Å². The molecule has 1 aliphatic rings. The number of unbranched alkanes of at least 4 members (excludes halogenated alkanes) is 19. The van der Waals surface area contributed by atoms with Gasteiger partial charge in [0.05, 0.1) is 6.10 Å². The van der Waals surface area contributed by atoms with Gasteiger partial charge in [-0.15, -0.1) is 0 Å². The Bertz CT molecular complexity index is 559. The minimum absolute atomic E-state index is 0.305. The molecule has 0 radical (unpaired) electrons. The second-order valence-electron chi connectivity index (χ2n) is 12.6. The molecule has 4 N–H and O–H groups in total. The average Bonchev–Trinajstić information content (AvgIpc) is 2.95. The Balaban J connectivity index is 2.46. The van der Waals surface area contributed by atoms with Crippen LogP contribution in [-0.4, -0.2) is 63.3 Å². The van der Waals surface area contributed by atoms with Crippen LogP contribution in [0.4, 0.5) is 0 Å². The lowest BCUT2D eigenvalue weighted by atomic mass is 9.80. The second kappa shape index (κ2) is 24.2. The quantitative estimate of drug-likeness (QED) is 0.0745. The van der Waals surface area contributed by atoms with Crippen molar-refractivity contribution in [2.45, 2.75) is 211 Å². The third-order valence-electron chi connectivity index (χ3n) is 8.79. The molecule has 1 fully saturated rings. The minimum Gasteiger partial charge on any atom is -0.390 e. The van der Waals surface area contributed by atoms with Crippen LogP contribution in [0.3, 0.4) is 0 Å². The minimum atomic E-state index is -1.68. The van der Waals surface area contributed by atoms with Gasteiger partial charge in [0.25, 0.3) is 0 Å². The first-order valence-corrected chi connectivity index (χ1v) is 17.5. The summed E-state index contributed by atoms with van der Waals surface area (Å²) in [7, 11) is 0. The van der Waals surface area contributed by atoms with E-state index in [-0.39, 0.29) is 0 Å². The van der Waals surface area contributed by atoms with E-state index in [2.05, 4.69) is 20.8 Å². The van der Waals surface area contributed by atoms with Crippen LogP contribution < -0.4 is 0 Å². The van der Waals surface area contributed by atoms with Gasteiger partial charge >= 0.3 is 0 Å². The van der Waals surface area contributed by atoms with E-state index in [0.29, 0.717) is 19.4 Å². The summed E-state index contributed by atoms with van der Waals surface area (Å²) in [5.74, 6) is 0. The molecule has 0 aromatic carbocycles. The predicted molar refractivity (Wildman–Crippen MR) is 165 cm³/mol. The van der Waals surface area contributed by atoms with Crippen molar-refractivity contribution in [1.29, 1.82) is 0 Å². The van der Waals surface area contributed by atoms with Gasteiger partial charge in [-0.3, -0.25) is 0 Å². The molecule has 6 atom stereocenters. The van der Waals surface area contributed by atoms with Crippen molar-refractivity contribution >= 4 is 0 Å². The van der Waals surface area contributed by atoms with Gasteiger partial charge in [0.1, 0.15) is 23.9 Å². The zero-order valence-corrected chi connectivity index (χ0v) is 26.7. The van der Waals surface area contributed by atoms with Gasteiger partial charge in [-0.1, -0.05) is 156 Å². The van der Waals surface area contributed by atoms with Crippen LogP contribution in [0.1, 0.15) is 175 Å². The van der Waals surface area contributed by atoms with E-state index in [9.17, 15) is 20.4 Å². The van der Waals surface area contributed by atoms with Gasteiger partial charge in [-0.05, 0) is 19.3 Å². The van der Waals surface area contributed by atoms with Gasteiger partial charge in [0.15, 0.2) is 6.29 Å². The number of ether oxygens (including phenoxy) is 2. The van der Waals surface area contributed by atoms with E-state index in [1.165, 1.54) is 89.9 Å². The molecule has 0 bridgehead atoms. The molecule has 1 heterocycles. The number of hydrogen-bond donors (Lipinski definition) is 4. The van der Waals surface area contributed by atoms with Crippen molar-refractivity contribution < 1.29 is 29.9 Å². The summed E-state index contributed by atoms with van der Waals surface area (Å²) in [6, 6.07) is 0. The Morgan fingerprint density at radius 2 is 1.05 bits per heavy atom. The van der Waals surface area contributed by atoms with Crippen LogP contribution in [0.5, 0.6) is 0 Å².